The first-order valence-electron chi connectivity index (χ1n) is 6.03. The lowest BCUT2D eigenvalue weighted by atomic mass is 10.2. The second kappa shape index (κ2) is 5.23. The first-order valence-corrected chi connectivity index (χ1v) is 6.82. The van der Waals surface area contributed by atoms with Crippen LogP contribution in [0, 0.1) is 0 Å². The van der Waals surface area contributed by atoms with Crippen molar-refractivity contribution in [3.8, 4) is 45.9 Å². The standard InChI is InChI=1S/C14H9BrN2O5/c15-8-5-12(21)11(20)4-7(8)14-17-16-13(22-14)6-1-2-9(18)10(19)3-6/h1-5,18-21H. The number of aromatic hydroxyl groups is 4. The fraction of sp³-hybridized carbons (Fsp3) is 0. The third-order valence-electron chi connectivity index (χ3n) is 2.94. The first-order chi connectivity index (χ1) is 10.5. The van der Waals surface area contributed by atoms with Crippen LogP contribution in [-0.4, -0.2) is 30.6 Å². The van der Waals surface area contributed by atoms with Gasteiger partial charge in [0.15, 0.2) is 23.0 Å². The third-order valence-corrected chi connectivity index (χ3v) is 3.60. The molecule has 1 aromatic heterocycles. The molecule has 2 aromatic carbocycles. The van der Waals surface area contributed by atoms with E-state index in [0.717, 1.165) is 0 Å². The molecule has 0 atom stereocenters. The van der Waals surface area contributed by atoms with Crippen LogP contribution >= 0.6 is 15.9 Å². The highest BCUT2D eigenvalue weighted by atomic mass is 79.9. The summed E-state index contributed by atoms with van der Waals surface area (Å²) in [7, 11) is 0. The average Bonchev–Trinajstić information content (AvgIpc) is 2.95. The van der Waals surface area contributed by atoms with E-state index in [0.29, 0.717) is 15.6 Å². The monoisotopic (exact) mass is 364 g/mol. The normalized spacial score (nSPS) is 10.8. The Labute approximate surface area is 132 Å². The number of hydrogen-bond donors (Lipinski definition) is 4. The molecule has 0 saturated carbocycles. The molecule has 22 heavy (non-hydrogen) atoms. The number of benzene rings is 2. The van der Waals surface area contributed by atoms with E-state index in [1.54, 1.807) is 0 Å². The van der Waals surface area contributed by atoms with Gasteiger partial charge in [-0.15, -0.1) is 10.2 Å². The molecular formula is C14H9BrN2O5. The van der Waals surface area contributed by atoms with E-state index in [1.165, 1.54) is 30.3 Å². The SMILES string of the molecule is Oc1ccc(-c2nnc(-c3cc(O)c(O)cc3Br)o2)cc1O. The molecular weight excluding hydrogens is 356 g/mol. The van der Waals surface area contributed by atoms with E-state index >= 15 is 0 Å². The zero-order chi connectivity index (χ0) is 15.9. The minimum absolute atomic E-state index is 0.115. The predicted octanol–water partition coefficient (Wildman–Crippen LogP) is 2.99. The van der Waals surface area contributed by atoms with Crippen molar-refractivity contribution in [1.29, 1.82) is 0 Å². The lowest BCUT2D eigenvalue weighted by molar-refractivity contribution is 0.403. The van der Waals surface area contributed by atoms with E-state index in [2.05, 4.69) is 26.1 Å². The number of halogens is 1. The van der Waals surface area contributed by atoms with Crippen LogP contribution in [0.2, 0.25) is 0 Å². The molecule has 0 spiro atoms. The Bertz CT molecular complexity index is 862. The van der Waals surface area contributed by atoms with Gasteiger partial charge < -0.3 is 24.8 Å². The van der Waals surface area contributed by atoms with Crippen molar-refractivity contribution in [2.45, 2.75) is 0 Å². The molecule has 0 aliphatic heterocycles. The molecule has 3 aromatic rings. The molecule has 0 radical (unpaired) electrons. The van der Waals surface area contributed by atoms with Gasteiger partial charge in [-0.25, -0.2) is 0 Å². The lowest BCUT2D eigenvalue weighted by Crippen LogP contribution is -1.81. The van der Waals surface area contributed by atoms with Gasteiger partial charge in [-0.1, -0.05) is 0 Å². The molecule has 112 valence electrons. The van der Waals surface area contributed by atoms with Gasteiger partial charge in [-0.3, -0.25) is 0 Å². The molecule has 7 nitrogen and oxygen atoms in total. The largest absolute Gasteiger partial charge is 0.504 e. The molecule has 4 N–H and O–H groups in total. The lowest BCUT2D eigenvalue weighted by Gasteiger charge is -2.03. The third kappa shape index (κ3) is 2.44. The van der Waals surface area contributed by atoms with Crippen LogP contribution in [-0.2, 0) is 0 Å². The molecule has 3 rings (SSSR count). The van der Waals surface area contributed by atoms with E-state index in [-0.39, 0.29) is 34.8 Å². The van der Waals surface area contributed by atoms with Gasteiger partial charge in [0.1, 0.15) is 0 Å². The summed E-state index contributed by atoms with van der Waals surface area (Å²) in [6.07, 6.45) is 0. The number of rotatable bonds is 2. The molecule has 0 bridgehead atoms. The number of phenols is 4. The quantitative estimate of drug-likeness (QED) is 0.515. The van der Waals surface area contributed by atoms with Crippen LogP contribution in [0.3, 0.4) is 0 Å². The summed E-state index contributed by atoms with van der Waals surface area (Å²) in [5, 5.41) is 45.5. The molecule has 0 unspecified atom stereocenters. The number of nitrogens with zero attached hydrogens (tertiary/aromatic N) is 2. The zero-order valence-electron chi connectivity index (χ0n) is 10.9. The molecule has 1 heterocycles. The van der Waals surface area contributed by atoms with Crippen molar-refractivity contribution in [3.63, 3.8) is 0 Å². The van der Waals surface area contributed by atoms with Crippen LogP contribution in [0.4, 0.5) is 0 Å². The second-order valence-corrected chi connectivity index (χ2v) is 5.29. The second-order valence-electron chi connectivity index (χ2n) is 4.44. The molecule has 0 aliphatic rings. The van der Waals surface area contributed by atoms with Crippen LogP contribution in [0.1, 0.15) is 0 Å². The van der Waals surface area contributed by atoms with Crippen molar-refractivity contribution in [2.75, 3.05) is 0 Å². The van der Waals surface area contributed by atoms with Crippen LogP contribution in [0.5, 0.6) is 23.0 Å². The van der Waals surface area contributed by atoms with Gasteiger partial charge in [-0.2, -0.15) is 0 Å². The van der Waals surface area contributed by atoms with Crippen LogP contribution < -0.4 is 0 Å². The summed E-state index contributed by atoms with van der Waals surface area (Å²) in [5.41, 5.74) is 0.824. The summed E-state index contributed by atoms with van der Waals surface area (Å²) in [6, 6.07) is 6.69. The summed E-state index contributed by atoms with van der Waals surface area (Å²) in [6.45, 7) is 0. The Morgan fingerprint density at radius 3 is 2.14 bits per heavy atom. The van der Waals surface area contributed by atoms with Gasteiger partial charge >= 0.3 is 0 Å². The Balaban J connectivity index is 2.04. The van der Waals surface area contributed by atoms with Gasteiger partial charge in [-0.05, 0) is 46.3 Å². The van der Waals surface area contributed by atoms with Gasteiger partial charge in [0.05, 0.1) is 5.56 Å². The number of aromatic nitrogens is 2. The van der Waals surface area contributed by atoms with E-state index in [9.17, 15) is 20.4 Å². The summed E-state index contributed by atoms with van der Waals surface area (Å²) < 4.78 is 5.95. The molecule has 0 aliphatic carbocycles. The van der Waals surface area contributed by atoms with Gasteiger partial charge in [0, 0.05) is 10.0 Å². The van der Waals surface area contributed by atoms with Crippen molar-refractivity contribution < 1.29 is 24.8 Å². The highest BCUT2D eigenvalue weighted by molar-refractivity contribution is 9.10. The number of hydrogen-bond acceptors (Lipinski definition) is 7. The van der Waals surface area contributed by atoms with Crippen molar-refractivity contribution in [3.05, 3.63) is 34.8 Å². The fourth-order valence-corrected chi connectivity index (χ4v) is 2.32. The molecule has 0 saturated heterocycles. The highest BCUT2D eigenvalue weighted by Gasteiger charge is 2.16. The summed E-state index contributed by atoms with van der Waals surface area (Å²) in [4.78, 5) is 0. The van der Waals surface area contributed by atoms with Gasteiger partial charge in [0.25, 0.3) is 0 Å². The van der Waals surface area contributed by atoms with E-state index in [1.807, 2.05) is 0 Å². The zero-order valence-corrected chi connectivity index (χ0v) is 12.4. The maximum atomic E-state index is 9.56. The first kappa shape index (κ1) is 14.2. The predicted molar refractivity (Wildman–Crippen MR) is 79.5 cm³/mol. The van der Waals surface area contributed by atoms with E-state index < -0.39 is 0 Å². The summed E-state index contributed by atoms with van der Waals surface area (Å²) in [5.74, 6) is -0.913. The van der Waals surface area contributed by atoms with E-state index in [4.69, 9.17) is 4.42 Å². The molecule has 0 fully saturated rings. The van der Waals surface area contributed by atoms with Crippen molar-refractivity contribution >= 4 is 15.9 Å². The Morgan fingerprint density at radius 2 is 1.41 bits per heavy atom. The summed E-state index contributed by atoms with van der Waals surface area (Å²) >= 11 is 3.23. The maximum absolute atomic E-state index is 9.56. The maximum Gasteiger partial charge on any atom is 0.249 e. The van der Waals surface area contributed by atoms with Crippen LogP contribution in [0.15, 0.2) is 39.2 Å². The smallest absolute Gasteiger partial charge is 0.249 e. The van der Waals surface area contributed by atoms with Crippen molar-refractivity contribution in [2.24, 2.45) is 0 Å². The Hall–Kier alpha value is -2.74. The van der Waals surface area contributed by atoms with Crippen molar-refractivity contribution in [1.82, 2.24) is 10.2 Å². The Morgan fingerprint density at radius 1 is 0.773 bits per heavy atom. The minimum atomic E-state index is -0.319. The van der Waals surface area contributed by atoms with Gasteiger partial charge in [0.2, 0.25) is 11.8 Å². The van der Waals surface area contributed by atoms with Crippen LogP contribution in [0.25, 0.3) is 22.9 Å². The highest BCUT2D eigenvalue weighted by Crippen LogP contribution is 2.38. The topological polar surface area (TPSA) is 120 Å². The molecule has 0 amide bonds. The fourth-order valence-electron chi connectivity index (χ4n) is 1.82. The Kier molecular flexibility index (Phi) is 3.38. The average molecular weight is 365 g/mol. The minimum Gasteiger partial charge on any atom is -0.504 e. The molecule has 8 heteroatoms. The number of phenolic OH excluding ortho intramolecular Hbond substituents is 4.